The van der Waals surface area contributed by atoms with Gasteiger partial charge in [0.05, 0.1) is 12.5 Å². The van der Waals surface area contributed by atoms with Crippen molar-refractivity contribution in [2.75, 3.05) is 16.8 Å². The summed E-state index contributed by atoms with van der Waals surface area (Å²) in [6, 6.07) is 5.70. The predicted molar refractivity (Wildman–Crippen MR) is 76.9 cm³/mol. The van der Waals surface area contributed by atoms with E-state index in [9.17, 15) is 14.4 Å². The van der Waals surface area contributed by atoms with Crippen LogP contribution in [0.1, 0.15) is 19.3 Å². The van der Waals surface area contributed by atoms with Crippen LogP contribution in [0, 0.1) is 0 Å². The zero-order valence-corrected chi connectivity index (χ0v) is 11.4. The molecule has 1 aliphatic heterocycles. The van der Waals surface area contributed by atoms with Crippen LogP contribution in [-0.4, -0.2) is 35.5 Å². The van der Waals surface area contributed by atoms with E-state index in [4.69, 9.17) is 10.8 Å². The number of rotatable bonds is 5. The van der Waals surface area contributed by atoms with Crippen molar-refractivity contribution in [3.8, 4) is 0 Å². The highest BCUT2D eigenvalue weighted by molar-refractivity contribution is 5.98. The Bertz CT molecular complexity index is 556. The fourth-order valence-electron chi connectivity index (χ4n) is 2.16. The lowest BCUT2D eigenvalue weighted by molar-refractivity contribution is -0.138. The molecule has 0 radical (unpaired) electrons. The summed E-state index contributed by atoms with van der Waals surface area (Å²) in [4.78, 5) is 35.5. The summed E-state index contributed by atoms with van der Waals surface area (Å²) in [6.45, 7) is 0.702. The number of anilines is 2. The minimum Gasteiger partial charge on any atom is -0.481 e. The number of nitrogens with zero attached hydrogens (tertiary/aromatic N) is 1. The van der Waals surface area contributed by atoms with Crippen molar-refractivity contribution < 1.29 is 19.5 Å². The third kappa shape index (κ3) is 3.79. The van der Waals surface area contributed by atoms with E-state index in [1.54, 1.807) is 29.2 Å². The van der Waals surface area contributed by atoms with Crippen molar-refractivity contribution in [1.29, 1.82) is 0 Å². The fourth-order valence-corrected chi connectivity index (χ4v) is 2.16. The van der Waals surface area contributed by atoms with Gasteiger partial charge in [0, 0.05) is 24.3 Å². The van der Waals surface area contributed by atoms with Gasteiger partial charge in [-0.05, 0) is 30.7 Å². The summed E-state index contributed by atoms with van der Waals surface area (Å²) >= 11 is 0. The Labute approximate surface area is 121 Å². The van der Waals surface area contributed by atoms with E-state index in [0.29, 0.717) is 18.7 Å². The molecule has 1 unspecified atom stereocenters. The number of hydrogen-bond donors (Lipinski definition) is 3. The minimum atomic E-state index is -1.12. The molecule has 0 saturated carbocycles. The smallest absolute Gasteiger partial charge is 0.305 e. The summed E-state index contributed by atoms with van der Waals surface area (Å²) in [5.41, 5.74) is 6.76. The number of nitrogens with one attached hydrogen (secondary N) is 1. The fraction of sp³-hybridized carbons (Fsp3) is 0.357. The molecule has 2 rings (SSSR count). The quantitative estimate of drug-likeness (QED) is 0.733. The average Bonchev–Trinajstić information content (AvgIpc) is 2.85. The molecule has 21 heavy (non-hydrogen) atoms. The average molecular weight is 291 g/mol. The van der Waals surface area contributed by atoms with Crippen molar-refractivity contribution in [2.45, 2.75) is 25.3 Å². The SMILES string of the molecule is NC(CC(=O)O)C(=O)Nc1ccc(N2CCCC2=O)cc1. The number of carbonyl (C=O) groups is 3. The maximum atomic E-state index is 11.7. The number of hydrogen-bond acceptors (Lipinski definition) is 4. The highest BCUT2D eigenvalue weighted by Gasteiger charge is 2.21. The standard InChI is InChI=1S/C14H17N3O4/c15-11(8-13(19)20)14(21)16-9-3-5-10(6-4-9)17-7-1-2-12(17)18/h3-6,11H,1-2,7-8,15H2,(H,16,21)(H,19,20). The number of benzene rings is 1. The second-order valence-electron chi connectivity index (χ2n) is 4.89. The van der Waals surface area contributed by atoms with E-state index >= 15 is 0 Å². The van der Waals surface area contributed by atoms with Gasteiger partial charge in [-0.1, -0.05) is 0 Å². The maximum Gasteiger partial charge on any atom is 0.305 e. The molecule has 2 amide bonds. The van der Waals surface area contributed by atoms with Crippen LogP contribution in [0.5, 0.6) is 0 Å². The molecule has 1 heterocycles. The molecule has 1 aliphatic rings. The molecule has 1 saturated heterocycles. The van der Waals surface area contributed by atoms with Gasteiger partial charge in [-0.2, -0.15) is 0 Å². The van der Waals surface area contributed by atoms with Crippen LogP contribution in [0.4, 0.5) is 11.4 Å². The normalized spacial score (nSPS) is 15.9. The van der Waals surface area contributed by atoms with Gasteiger partial charge in [-0.3, -0.25) is 14.4 Å². The topological polar surface area (TPSA) is 113 Å². The van der Waals surface area contributed by atoms with E-state index in [0.717, 1.165) is 12.1 Å². The molecule has 0 bridgehead atoms. The van der Waals surface area contributed by atoms with Gasteiger partial charge in [0.25, 0.3) is 0 Å². The zero-order valence-electron chi connectivity index (χ0n) is 11.4. The van der Waals surface area contributed by atoms with Gasteiger partial charge in [-0.25, -0.2) is 0 Å². The van der Waals surface area contributed by atoms with Crippen molar-refractivity contribution in [3.63, 3.8) is 0 Å². The second-order valence-corrected chi connectivity index (χ2v) is 4.89. The first kappa shape index (κ1) is 15.0. The van der Waals surface area contributed by atoms with E-state index in [2.05, 4.69) is 5.32 Å². The Balaban J connectivity index is 1.97. The number of aliphatic carboxylic acids is 1. The number of nitrogens with two attached hydrogens (primary N) is 1. The van der Waals surface area contributed by atoms with Crippen molar-refractivity contribution in [3.05, 3.63) is 24.3 Å². The number of carboxylic acid groups (broad SMARTS) is 1. The molecule has 1 aromatic carbocycles. The summed E-state index contributed by atoms with van der Waals surface area (Å²) in [5.74, 6) is -1.58. The Morgan fingerprint density at radius 2 is 2.00 bits per heavy atom. The van der Waals surface area contributed by atoms with Crippen LogP contribution in [-0.2, 0) is 14.4 Å². The summed E-state index contributed by atoms with van der Waals surface area (Å²) in [6.07, 6.45) is 0.982. The molecule has 0 aliphatic carbocycles. The Kier molecular flexibility index (Phi) is 4.54. The van der Waals surface area contributed by atoms with Crippen LogP contribution in [0.15, 0.2) is 24.3 Å². The van der Waals surface area contributed by atoms with Crippen LogP contribution in [0.3, 0.4) is 0 Å². The third-order valence-electron chi connectivity index (χ3n) is 3.25. The molecule has 1 aromatic rings. The van der Waals surface area contributed by atoms with Crippen LogP contribution in [0.2, 0.25) is 0 Å². The first-order valence-electron chi connectivity index (χ1n) is 6.66. The lowest BCUT2D eigenvalue weighted by Gasteiger charge is -2.16. The van der Waals surface area contributed by atoms with E-state index < -0.39 is 24.3 Å². The first-order chi connectivity index (χ1) is 9.97. The van der Waals surface area contributed by atoms with Crippen molar-refractivity contribution in [2.24, 2.45) is 5.73 Å². The molecular formula is C14H17N3O4. The first-order valence-corrected chi connectivity index (χ1v) is 6.66. The molecule has 7 heteroatoms. The van der Waals surface area contributed by atoms with Crippen molar-refractivity contribution >= 4 is 29.2 Å². The Hall–Kier alpha value is -2.41. The van der Waals surface area contributed by atoms with Crippen LogP contribution >= 0.6 is 0 Å². The number of carboxylic acids is 1. The lowest BCUT2D eigenvalue weighted by Crippen LogP contribution is -2.37. The number of amides is 2. The molecule has 112 valence electrons. The predicted octanol–water partition coefficient (Wildman–Crippen LogP) is 0.554. The largest absolute Gasteiger partial charge is 0.481 e. The highest BCUT2D eigenvalue weighted by Crippen LogP contribution is 2.23. The van der Waals surface area contributed by atoms with E-state index in [1.807, 2.05) is 0 Å². The molecule has 7 nitrogen and oxygen atoms in total. The Morgan fingerprint density at radius 3 is 2.52 bits per heavy atom. The minimum absolute atomic E-state index is 0.0928. The lowest BCUT2D eigenvalue weighted by atomic mass is 10.2. The molecule has 1 fully saturated rings. The van der Waals surface area contributed by atoms with Gasteiger partial charge in [0.2, 0.25) is 11.8 Å². The summed E-state index contributed by atoms with van der Waals surface area (Å²) in [5, 5.41) is 11.1. The van der Waals surface area contributed by atoms with E-state index in [-0.39, 0.29) is 5.91 Å². The molecule has 0 spiro atoms. The second kappa shape index (κ2) is 6.36. The zero-order chi connectivity index (χ0) is 15.4. The van der Waals surface area contributed by atoms with Gasteiger partial charge in [0.15, 0.2) is 0 Å². The monoisotopic (exact) mass is 291 g/mol. The van der Waals surface area contributed by atoms with Crippen LogP contribution < -0.4 is 16.0 Å². The third-order valence-corrected chi connectivity index (χ3v) is 3.25. The van der Waals surface area contributed by atoms with Crippen LogP contribution in [0.25, 0.3) is 0 Å². The van der Waals surface area contributed by atoms with Gasteiger partial charge < -0.3 is 21.1 Å². The number of carbonyl (C=O) groups excluding carboxylic acids is 2. The summed E-state index contributed by atoms with van der Waals surface area (Å²) in [7, 11) is 0. The summed E-state index contributed by atoms with van der Waals surface area (Å²) < 4.78 is 0. The molecule has 1 atom stereocenters. The highest BCUT2D eigenvalue weighted by atomic mass is 16.4. The van der Waals surface area contributed by atoms with E-state index in [1.165, 1.54) is 0 Å². The molecule has 0 aromatic heterocycles. The van der Waals surface area contributed by atoms with Crippen molar-refractivity contribution in [1.82, 2.24) is 0 Å². The maximum absolute atomic E-state index is 11.7. The molecule has 4 N–H and O–H groups in total. The molecular weight excluding hydrogens is 274 g/mol. The van der Waals surface area contributed by atoms with Gasteiger partial charge in [0.1, 0.15) is 0 Å². The Morgan fingerprint density at radius 1 is 1.33 bits per heavy atom. The van der Waals surface area contributed by atoms with Gasteiger partial charge >= 0.3 is 5.97 Å². The van der Waals surface area contributed by atoms with Gasteiger partial charge in [-0.15, -0.1) is 0 Å².